The number of hydrogen-bond acceptors (Lipinski definition) is 3. The number of carbonyl (C=O) groups excluding carboxylic acids is 1. The van der Waals surface area contributed by atoms with E-state index in [1.54, 1.807) is 11.3 Å². The lowest BCUT2D eigenvalue weighted by molar-refractivity contribution is -0.120. The zero-order chi connectivity index (χ0) is 12.1. The molecule has 102 valence electrons. The summed E-state index contributed by atoms with van der Waals surface area (Å²) in [5.74, 6) is 0.921. The van der Waals surface area contributed by atoms with Crippen molar-refractivity contribution in [3.63, 3.8) is 0 Å². The molecule has 18 heavy (non-hydrogen) atoms. The van der Waals surface area contributed by atoms with E-state index in [0.717, 1.165) is 18.9 Å². The van der Waals surface area contributed by atoms with Gasteiger partial charge in [-0.25, -0.2) is 0 Å². The van der Waals surface area contributed by atoms with E-state index < -0.39 is 0 Å². The van der Waals surface area contributed by atoms with Gasteiger partial charge in [0, 0.05) is 9.75 Å². The van der Waals surface area contributed by atoms with E-state index in [1.165, 1.54) is 22.6 Å². The average molecular weight is 289 g/mol. The maximum Gasteiger partial charge on any atom is 0.234 e. The first-order valence-corrected chi connectivity index (χ1v) is 7.14. The first-order chi connectivity index (χ1) is 8.28. The van der Waals surface area contributed by atoms with Gasteiger partial charge in [0.15, 0.2) is 0 Å². The predicted octanol–water partition coefficient (Wildman–Crippen LogP) is 2.35. The molecule has 2 rings (SSSR count). The summed E-state index contributed by atoms with van der Waals surface area (Å²) < 4.78 is 0. The topological polar surface area (TPSA) is 41.1 Å². The number of hydrogen-bond donors (Lipinski definition) is 2. The van der Waals surface area contributed by atoms with Crippen molar-refractivity contribution in [3.8, 4) is 0 Å². The van der Waals surface area contributed by atoms with Gasteiger partial charge in [0.05, 0.1) is 13.1 Å². The molecular formula is C13H21ClN2OS. The average Bonchev–Trinajstić information content (AvgIpc) is 3.04. The molecule has 5 heteroatoms. The van der Waals surface area contributed by atoms with Crippen LogP contribution < -0.4 is 10.6 Å². The van der Waals surface area contributed by atoms with Crippen LogP contribution in [-0.2, 0) is 17.8 Å². The Morgan fingerprint density at radius 2 is 2.11 bits per heavy atom. The van der Waals surface area contributed by atoms with Gasteiger partial charge >= 0.3 is 0 Å². The Labute approximate surface area is 119 Å². The van der Waals surface area contributed by atoms with Crippen LogP contribution in [0.3, 0.4) is 0 Å². The first kappa shape index (κ1) is 15.5. The summed E-state index contributed by atoms with van der Waals surface area (Å²) in [6.45, 7) is 4.25. The maximum absolute atomic E-state index is 11.5. The van der Waals surface area contributed by atoms with E-state index >= 15 is 0 Å². The van der Waals surface area contributed by atoms with Gasteiger partial charge in [-0.3, -0.25) is 4.79 Å². The van der Waals surface area contributed by atoms with Crippen LogP contribution in [0, 0.1) is 5.92 Å². The highest BCUT2D eigenvalue weighted by molar-refractivity contribution is 7.11. The number of rotatable bonds is 7. The molecule has 0 saturated heterocycles. The quantitative estimate of drug-likeness (QED) is 0.809. The molecule has 1 aliphatic rings. The van der Waals surface area contributed by atoms with Gasteiger partial charge in [0.25, 0.3) is 0 Å². The van der Waals surface area contributed by atoms with E-state index in [-0.39, 0.29) is 18.3 Å². The van der Waals surface area contributed by atoms with Crippen LogP contribution in [-0.4, -0.2) is 19.0 Å². The Morgan fingerprint density at radius 1 is 1.39 bits per heavy atom. The van der Waals surface area contributed by atoms with Gasteiger partial charge in [-0.2, -0.15) is 0 Å². The molecule has 0 aromatic carbocycles. The Hall–Kier alpha value is -0.580. The number of carbonyl (C=O) groups is 1. The molecule has 0 bridgehead atoms. The predicted molar refractivity (Wildman–Crippen MR) is 78.4 cm³/mol. The lowest BCUT2D eigenvalue weighted by Crippen LogP contribution is -2.34. The van der Waals surface area contributed by atoms with E-state index in [4.69, 9.17) is 0 Å². The second kappa shape index (κ2) is 7.77. The highest BCUT2D eigenvalue weighted by Crippen LogP contribution is 2.27. The van der Waals surface area contributed by atoms with Crippen LogP contribution in [0.15, 0.2) is 12.1 Å². The smallest absolute Gasteiger partial charge is 0.234 e. The molecule has 3 nitrogen and oxygen atoms in total. The van der Waals surface area contributed by atoms with Gasteiger partial charge in [0.1, 0.15) is 0 Å². The van der Waals surface area contributed by atoms with Crippen LogP contribution in [0.25, 0.3) is 0 Å². The molecule has 1 aromatic heterocycles. The van der Waals surface area contributed by atoms with Gasteiger partial charge < -0.3 is 10.6 Å². The molecule has 1 aromatic rings. The largest absolute Gasteiger partial charge is 0.350 e. The second-order valence-electron chi connectivity index (χ2n) is 4.57. The van der Waals surface area contributed by atoms with E-state index in [9.17, 15) is 4.79 Å². The third-order valence-corrected chi connectivity index (χ3v) is 4.17. The van der Waals surface area contributed by atoms with Gasteiger partial charge in [-0.15, -0.1) is 23.7 Å². The second-order valence-corrected chi connectivity index (χ2v) is 5.83. The van der Waals surface area contributed by atoms with Crippen molar-refractivity contribution in [1.29, 1.82) is 0 Å². The minimum absolute atomic E-state index is 0. The van der Waals surface area contributed by atoms with Crippen molar-refractivity contribution in [2.24, 2.45) is 5.92 Å². The fourth-order valence-electron chi connectivity index (χ4n) is 1.67. The minimum atomic E-state index is 0. The number of amides is 1. The van der Waals surface area contributed by atoms with Gasteiger partial charge in [0.2, 0.25) is 5.91 Å². The fraction of sp³-hybridized carbons (Fsp3) is 0.615. The molecule has 1 saturated carbocycles. The first-order valence-electron chi connectivity index (χ1n) is 6.33. The molecular weight excluding hydrogens is 268 g/mol. The van der Waals surface area contributed by atoms with Crippen molar-refractivity contribution in [3.05, 3.63) is 21.9 Å². The van der Waals surface area contributed by atoms with Crippen molar-refractivity contribution in [2.75, 3.05) is 13.1 Å². The number of aryl methyl sites for hydroxylation is 1. The Morgan fingerprint density at radius 3 is 2.72 bits per heavy atom. The number of thiophene rings is 1. The molecule has 1 amide bonds. The summed E-state index contributed by atoms with van der Waals surface area (Å²) in [6, 6.07) is 4.24. The van der Waals surface area contributed by atoms with Crippen LogP contribution in [0.1, 0.15) is 29.5 Å². The molecule has 0 aliphatic heterocycles. The lowest BCUT2D eigenvalue weighted by Gasteiger charge is -2.04. The minimum Gasteiger partial charge on any atom is -0.350 e. The molecule has 0 atom stereocenters. The van der Waals surface area contributed by atoms with Gasteiger partial charge in [-0.05, 0) is 43.9 Å². The third-order valence-electron chi connectivity index (χ3n) is 2.94. The summed E-state index contributed by atoms with van der Waals surface area (Å²) in [4.78, 5) is 14.1. The molecule has 0 unspecified atom stereocenters. The summed E-state index contributed by atoms with van der Waals surface area (Å²) in [6.07, 6.45) is 3.72. The standard InChI is InChI=1S/C13H20N2OS.ClH/c1-2-11-5-6-12(17-11)8-15-13(16)9-14-7-10-3-4-10;/h5-6,10,14H,2-4,7-9H2,1H3,(H,15,16);1H. The third kappa shape index (κ3) is 5.38. The zero-order valence-corrected chi connectivity index (χ0v) is 12.3. The van der Waals surface area contributed by atoms with Crippen LogP contribution in [0.2, 0.25) is 0 Å². The van der Waals surface area contributed by atoms with Gasteiger partial charge in [-0.1, -0.05) is 6.92 Å². The molecule has 2 N–H and O–H groups in total. The molecule has 0 spiro atoms. The van der Waals surface area contributed by atoms with E-state index in [0.29, 0.717) is 13.1 Å². The van der Waals surface area contributed by atoms with Crippen LogP contribution >= 0.6 is 23.7 Å². The summed E-state index contributed by atoms with van der Waals surface area (Å²) in [5, 5.41) is 6.13. The zero-order valence-electron chi connectivity index (χ0n) is 10.7. The monoisotopic (exact) mass is 288 g/mol. The SMILES string of the molecule is CCc1ccc(CNC(=O)CNCC2CC2)s1.Cl. The summed E-state index contributed by atoms with van der Waals surface area (Å²) in [7, 11) is 0. The Balaban J connectivity index is 0.00000162. The van der Waals surface area contributed by atoms with Crippen LogP contribution in [0.5, 0.6) is 0 Å². The number of halogens is 1. The van der Waals surface area contributed by atoms with Crippen LogP contribution in [0.4, 0.5) is 0 Å². The van der Waals surface area contributed by atoms with E-state index in [1.807, 2.05) is 0 Å². The lowest BCUT2D eigenvalue weighted by atomic mass is 10.3. The Kier molecular flexibility index (Phi) is 6.68. The van der Waals surface area contributed by atoms with Crippen molar-refractivity contribution < 1.29 is 4.79 Å². The Bertz CT molecular complexity index is 377. The highest BCUT2D eigenvalue weighted by atomic mass is 35.5. The van der Waals surface area contributed by atoms with Crippen molar-refractivity contribution >= 4 is 29.7 Å². The normalized spacial score (nSPS) is 14.1. The molecule has 1 heterocycles. The fourth-order valence-corrected chi connectivity index (χ4v) is 2.56. The molecule has 0 radical (unpaired) electrons. The van der Waals surface area contributed by atoms with Crippen molar-refractivity contribution in [2.45, 2.75) is 32.7 Å². The molecule has 1 aliphatic carbocycles. The maximum atomic E-state index is 11.5. The van der Waals surface area contributed by atoms with E-state index in [2.05, 4.69) is 29.7 Å². The van der Waals surface area contributed by atoms with Crippen molar-refractivity contribution in [1.82, 2.24) is 10.6 Å². The summed E-state index contributed by atoms with van der Waals surface area (Å²) in [5.41, 5.74) is 0. The molecule has 1 fully saturated rings. The number of nitrogens with one attached hydrogen (secondary N) is 2. The highest BCUT2D eigenvalue weighted by Gasteiger charge is 2.20. The summed E-state index contributed by atoms with van der Waals surface area (Å²) >= 11 is 1.78.